The van der Waals surface area contributed by atoms with E-state index in [0.717, 1.165) is 24.5 Å². The number of anilines is 1. The molecule has 3 nitrogen and oxygen atoms in total. The Labute approximate surface area is 106 Å². The van der Waals surface area contributed by atoms with E-state index in [1.54, 1.807) is 11.3 Å². The van der Waals surface area contributed by atoms with Gasteiger partial charge in [-0.25, -0.2) is 0 Å². The van der Waals surface area contributed by atoms with E-state index in [1.807, 2.05) is 19.3 Å². The molecule has 0 aliphatic heterocycles. The maximum Gasteiger partial charge on any atom is 0.0564 e. The van der Waals surface area contributed by atoms with Crippen molar-refractivity contribution in [1.82, 2.24) is 9.88 Å². The van der Waals surface area contributed by atoms with Crippen LogP contribution in [0.5, 0.6) is 0 Å². The molecule has 0 fully saturated rings. The van der Waals surface area contributed by atoms with Crippen LogP contribution in [0.1, 0.15) is 10.6 Å². The molecule has 0 spiro atoms. The van der Waals surface area contributed by atoms with Gasteiger partial charge in [-0.15, -0.1) is 11.3 Å². The molecule has 1 N–H and O–H groups in total. The second-order valence-electron chi connectivity index (χ2n) is 4.04. The third-order valence-corrected chi connectivity index (χ3v) is 3.40. The summed E-state index contributed by atoms with van der Waals surface area (Å²) in [7, 11) is 4.04. The van der Waals surface area contributed by atoms with Crippen LogP contribution < -0.4 is 5.32 Å². The van der Waals surface area contributed by atoms with Gasteiger partial charge in [0.2, 0.25) is 0 Å². The van der Waals surface area contributed by atoms with E-state index in [0.29, 0.717) is 0 Å². The molecule has 0 saturated heterocycles. The Kier molecular flexibility index (Phi) is 4.12. The van der Waals surface area contributed by atoms with Crippen molar-refractivity contribution in [2.45, 2.75) is 13.1 Å². The summed E-state index contributed by atoms with van der Waals surface area (Å²) in [6.45, 7) is 1.84. The van der Waals surface area contributed by atoms with Gasteiger partial charge < -0.3 is 5.32 Å². The lowest BCUT2D eigenvalue weighted by molar-refractivity contribution is 0.318. The first-order valence-electron chi connectivity index (χ1n) is 5.61. The zero-order chi connectivity index (χ0) is 12.1. The Morgan fingerprint density at radius 1 is 1.35 bits per heavy atom. The van der Waals surface area contributed by atoms with Gasteiger partial charge in [0.1, 0.15) is 0 Å². The van der Waals surface area contributed by atoms with E-state index in [1.165, 1.54) is 4.88 Å². The van der Waals surface area contributed by atoms with Crippen molar-refractivity contribution in [1.29, 1.82) is 0 Å². The van der Waals surface area contributed by atoms with Crippen molar-refractivity contribution in [3.8, 4) is 0 Å². The lowest BCUT2D eigenvalue weighted by atomic mass is 10.3. The predicted octanol–water partition coefficient (Wildman–Crippen LogP) is 2.82. The number of nitrogens with one attached hydrogen (secondary N) is 1. The van der Waals surface area contributed by atoms with Crippen LogP contribution in [0.3, 0.4) is 0 Å². The van der Waals surface area contributed by atoms with Crippen molar-refractivity contribution >= 4 is 17.0 Å². The molecule has 2 aromatic rings. The van der Waals surface area contributed by atoms with E-state index in [9.17, 15) is 0 Å². The van der Waals surface area contributed by atoms with Crippen LogP contribution in [-0.2, 0) is 13.1 Å². The highest BCUT2D eigenvalue weighted by Crippen LogP contribution is 2.13. The molecule has 4 heteroatoms. The summed E-state index contributed by atoms with van der Waals surface area (Å²) in [6, 6.07) is 8.32. The molecule has 2 rings (SSSR count). The number of pyridine rings is 1. The van der Waals surface area contributed by atoms with Crippen molar-refractivity contribution < 1.29 is 0 Å². The minimum absolute atomic E-state index is 0.868. The van der Waals surface area contributed by atoms with Gasteiger partial charge in [0.15, 0.2) is 0 Å². The predicted molar refractivity (Wildman–Crippen MR) is 73.3 cm³/mol. The Balaban J connectivity index is 1.95. The fourth-order valence-electron chi connectivity index (χ4n) is 1.72. The number of hydrogen-bond donors (Lipinski definition) is 1. The van der Waals surface area contributed by atoms with Gasteiger partial charge in [-0.3, -0.25) is 9.88 Å². The molecule has 90 valence electrons. The second-order valence-corrected chi connectivity index (χ2v) is 5.07. The average Bonchev–Trinajstić information content (AvgIpc) is 2.82. The van der Waals surface area contributed by atoms with E-state index in [-0.39, 0.29) is 0 Å². The van der Waals surface area contributed by atoms with Crippen LogP contribution in [0.4, 0.5) is 5.69 Å². The van der Waals surface area contributed by atoms with Crippen molar-refractivity contribution in [2.24, 2.45) is 0 Å². The fourth-order valence-corrected chi connectivity index (χ4v) is 2.51. The van der Waals surface area contributed by atoms with Gasteiger partial charge in [-0.2, -0.15) is 0 Å². The average molecular weight is 247 g/mol. The summed E-state index contributed by atoms with van der Waals surface area (Å²) in [5.41, 5.74) is 2.20. The monoisotopic (exact) mass is 247 g/mol. The lowest BCUT2D eigenvalue weighted by Crippen LogP contribution is -2.17. The van der Waals surface area contributed by atoms with Gasteiger partial charge in [0.25, 0.3) is 0 Å². The van der Waals surface area contributed by atoms with Crippen LogP contribution in [0.15, 0.2) is 35.8 Å². The highest BCUT2D eigenvalue weighted by molar-refractivity contribution is 7.09. The topological polar surface area (TPSA) is 28.2 Å². The third-order valence-electron chi connectivity index (χ3n) is 2.54. The minimum atomic E-state index is 0.868. The molecule has 0 radical (unpaired) electrons. The quantitative estimate of drug-likeness (QED) is 0.880. The molecule has 0 saturated carbocycles. The number of rotatable bonds is 5. The SMILES string of the molecule is CNc1ccnc(CN(C)Cc2cccs2)c1. The second kappa shape index (κ2) is 5.80. The normalized spacial score (nSPS) is 10.8. The molecule has 0 aliphatic carbocycles. The Morgan fingerprint density at radius 2 is 2.24 bits per heavy atom. The van der Waals surface area contributed by atoms with Crippen molar-refractivity contribution in [3.63, 3.8) is 0 Å². The maximum atomic E-state index is 4.38. The zero-order valence-corrected chi connectivity index (χ0v) is 11.0. The summed E-state index contributed by atoms with van der Waals surface area (Å²) >= 11 is 1.80. The lowest BCUT2D eigenvalue weighted by Gasteiger charge is -2.15. The van der Waals surface area contributed by atoms with Crippen LogP contribution >= 0.6 is 11.3 Å². The van der Waals surface area contributed by atoms with Gasteiger partial charge in [-0.1, -0.05) is 6.07 Å². The van der Waals surface area contributed by atoms with Gasteiger partial charge in [-0.05, 0) is 30.6 Å². The largest absolute Gasteiger partial charge is 0.388 e. The van der Waals surface area contributed by atoms with E-state index in [2.05, 4.69) is 45.8 Å². The summed E-state index contributed by atoms with van der Waals surface area (Å²) < 4.78 is 0. The first kappa shape index (κ1) is 12.1. The van der Waals surface area contributed by atoms with E-state index < -0.39 is 0 Å². The number of hydrogen-bond acceptors (Lipinski definition) is 4. The molecular weight excluding hydrogens is 230 g/mol. The van der Waals surface area contributed by atoms with Crippen LogP contribution in [0.25, 0.3) is 0 Å². The smallest absolute Gasteiger partial charge is 0.0564 e. The molecule has 17 heavy (non-hydrogen) atoms. The summed E-state index contributed by atoms with van der Waals surface area (Å²) in [4.78, 5) is 8.04. The minimum Gasteiger partial charge on any atom is -0.388 e. The highest BCUT2D eigenvalue weighted by Gasteiger charge is 2.04. The Bertz CT molecular complexity index is 453. The molecule has 0 bridgehead atoms. The molecule has 0 unspecified atom stereocenters. The summed E-state index contributed by atoms with van der Waals surface area (Å²) in [5.74, 6) is 0. The molecular formula is C13H17N3S. The molecule has 0 aromatic carbocycles. The standard InChI is InChI=1S/C13H17N3S/c1-14-11-5-6-15-12(8-11)9-16(2)10-13-4-3-7-17-13/h3-8H,9-10H2,1-2H3,(H,14,15). The van der Waals surface area contributed by atoms with Gasteiger partial charge in [0, 0.05) is 36.9 Å². The molecule has 2 heterocycles. The van der Waals surface area contributed by atoms with Gasteiger partial charge in [0.05, 0.1) is 5.69 Å². The van der Waals surface area contributed by atoms with Gasteiger partial charge >= 0.3 is 0 Å². The van der Waals surface area contributed by atoms with Crippen LogP contribution in [0.2, 0.25) is 0 Å². The van der Waals surface area contributed by atoms with Crippen LogP contribution in [-0.4, -0.2) is 24.0 Å². The number of aromatic nitrogens is 1. The molecule has 0 aliphatic rings. The fraction of sp³-hybridized carbons (Fsp3) is 0.308. The third kappa shape index (κ3) is 3.54. The van der Waals surface area contributed by atoms with Crippen molar-refractivity contribution in [2.75, 3.05) is 19.4 Å². The molecule has 0 amide bonds. The molecule has 2 aromatic heterocycles. The molecule has 0 atom stereocenters. The van der Waals surface area contributed by atoms with Crippen molar-refractivity contribution in [3.05, 3.63) is 46.4 Å². The van der Waals surface area contributed by atoms with E-state index in [4.69, 9.17) is 0 Å². The summed E-state index contributed by atoms with van der Waals surface area (Å²) in [6.07, 6.45) is 1.85. The van der Waals surface area contributed by atoms with E-state index >= 15 is 0 Å². The first-order chi connectivity index (χ1) is 8.28. The maximum absolute atomic E-state index is 4.38. The first-order valence-corrected chi connectivity index (χ1v) is 6.49. The van der Waals surface area contributed by atoms with Crippen LogP contribution in [0, 0.1) is 0 Å². The number of thiophene rings is 1. The Morgan fingerprint density at radius 3 is 2.94 bits per heavy atom. The number of nitrogens with zero attached hydrogens (tertiary/aromatic N) is 2. The zero-order valence-electron chi connectivity index (χ0n) is 10.2. The summed E-state index contributed by atoms with van der Waals surface area (Å²) in [5, 5.41) is 5.24. The highest BCUT2D eigenvalue weighted by atomic mass is 32.1. The Hall–Kier alpha value is -1.39.